The Morgan fingerprint density at radius 1 is 0.881 bits per heavy atom. The van der Waals surface area contributed by atoms with Gasteiger partial charge in [-0.2, -0.15) is 0 Å². The Kier molecular flexibility index (Phi) is 12.1. The van der Waals surface area contributed by atoms with Crippen LogP contribution in [0.1, 0.15) is 91.0 Å². The lowest BCUT2D eigenvalue weighted by molar-refractivity contribution is -0.145. The van der Waals surface area contributed by atoms with Gasteiger partial charge in [-0.1, -0.05) is 50.3 Å². The van der Waals surface area contributed by atoms with Crippen LogP contribution in [0, 0.1) is 11.8 Å². The molecule has 1 heterocycles. The summed E-state index contributed by atoms with van der Waals surface area (Å²) in [6.45, 7) is 4.16. The third-order valence-electron chi connectivity index (χ3n) is 8.20. The molecule has 0 aromatic heterocycles. The fraction of sp³-hybridized carbons (Fsp3) is 0.559. The first-order valence-electron chi connectivity index (χ1n) is 15.5. The van der Waals surface area contributed by atoms with Crippen LogP contribution in [0.3, 0.4) is 0 Å². The highest BCUT2D eigenvalue weighted by Gasteiger charge is 2.34. The molecule has 1 aliphatic heterocycles. The predicted molar refractivity (Wildman–Crippen MR) is 160 cm³/mol. The summed E-state index contributed by atoms with van der Waals surface area (Å²) in [5.41, 5.74) is 1.74. The van der Waals surface area contributed by atoms with Crippen LogP contribution in [-0.2, 0) is 20.7 Å². The Labute approximate surface area is 249 Å². The second-order valence-corrected chi connectivity index (χ2v) is 11.3. The Hall–Kier alpha value is -3.55. The fourth-order valence-corrected chi connectivity index (χ4v) is 5.88. The maximum Gasteiger partial charge on any atom is 0.337 e. The van der Waals surface area contributed by atoms with Gasteiger partial charge in [0.2, 0.25) is 0 Å². The number of carbonyl (C=O) groups is 3. The number of carbonyl (C=O) groups excluding carboxylic acids is 3. The quantitative estimate of drug-likeness (QED) is 0.182. The van der Waals surface area contributed by atoms with E-state index in [9.17, 15) is 14.4 Å². The van der Waals surface area contributed by atoms with Crippen LogP contribution in [0.4, 0.5) is 0 Å². The van der Waals surface area contributed by atoms with E-state index in [1.807, 2.05) is 18.2 Å². The lowest BCUT2D eigenvalue weighted by Crippen LogP contribution is -2.50. The largest absolute Gasteiger partial charge is 0.493 e. The summed E-state index contributed by atoms with van der Waals surface area (Å²) in [6.07, 6.45) is 11.0. The molecule has 0 spiro atoms. The van der Waals surface area contributed by atoms with Crippen molar-refractivity contribution in [1.82, 2.24) is 4.90 Å². The summed E-state index contributed by atoms with van der Waals surface area (Å²) >= 11 is 0. The van der Waals surface area contributed by atoms with E-state index in [-0.39, 0.29) is 29.8 Å². The molecule has 1 saturated heterocycles. The number of likely N-dealkylation sites (tertiary alicyclic amines) is 1. The van der Waals surface area contributed by atoms with Gasteiger partial charge in [0, 0.05) is 19.0 Å². The first-order valence-corrected chi connectivity index (χ1v) is 15.5. The van der Waals surface area contributed by atoms with Gasteiger partial charge in [-0.25, -0.2) is 4.79 Å². The van der Waals surface area contributed by atoms with Gasteiger partial charge >= 0.3 is 11.9 Å². The predicted octanol–water partition coefficient (Wildman–Crippen LogP) is 6.25. The van der Waals surface area contributed by atoms with Gasteiger partial charge in [-0.05, 0) is 68.4 Å². The number of benzene rings is 2. The summed E-state index contributed by atoms with van der Waals surface area (Å²) < 4.78 is 22.1. The molecule has 4 rings (SSSR count). The number of nitrogens with zero attached hydrogens (tertiary/aromatic N) is 1. The normalized spacial score (nSPS) is 15.5. The number of hydrogen-bond donors (Lipinski definition) is 0. The number of aryl methyl sites for hydroxylation is 1. The number of hydrogen-bond acceptors (Lipinski definition) is 7. The molecule has 2 aromatic carbocycles. The zero-order chi connectivity index (χ0) is 29.7. The molecule has 0 atom stereocenters. The van der Waals surface area contributed by atoms with Gasteiger partial charge in [-0.15, -0.1) is 0 Å². The van der Waals surface area contributed by atoms with E-state index in [2.05, 4.69) is 6.07 Å². The minimum atomic E-state index is -0.519. The monoisotopic (exact) mass is 579 g/mol. The highest BCUT2D eigenvalue weighted by Crippen LogP contribution is 2.29. The zero-order valence-electron chi connectivity index (χ0n) is 25.1. The lowest BCUT2D eigenvalue weighted by atomic mass is 9.86. The smallest absolute Gasteiger partial charge is 0.337 e. The second kappa shape index (κ2) is 16.2. The van der Waals surface area contributed by atoms with E-state index in [4.69, 9.17) is 18.9 Å². The van der Waals surface area contributed by atoms with Crippen LogP contribution < -0.4 is 9.47 Å². The molecule has 8 nitrogen and oxygen atoms in total. The van der Waals surface area contributed by atoms with Crippen LogP contribution in [0.15, 0.2) is 42.5 Å². The highest BCUT2D eigenvalue weighted by molar-refractivity contribution is 6.00. The zero-order valence-corrected chi connectivity index (χ0v) is 25.1. The number of amides is 1. The molecule has 1 aliphatic carbocycles. The topological polar surface area (TPSA) is 91.4 Å². The van der Waals surface area contributed by atoms with Crippen molar-refractivity contribution in [1.29, 1.82) is 0 Å². The molecule has 228 valence electrons. The molecule has 0 unspecified atom stereocenters. The standard InChI is InChI=1S/C34H45NO7/c1-3-40-32(36)21-26-23-35(24-26)33(37)29-22-28(34(38)39-2)17-18-31(29)42-20-10-15-27-14-7-8-16-30(27)41-19-9-13-25-11-5-4-6-12-25/h7-8,14,16-18,22,25-26H,3-6,9-13,15,19-21,23-24H2,1-2H3. The van der Waals surface area contributed by atoms with Crippen molar-refractivity contribution in [2.24, 2.45) is 11.8 Å². The molecule has 0 N–H and O–H groups in total. The number of para-hydroxylation sites is 1. The Balaban J connectivity index is 1.29. The van der Waals surface area contributed by atoms with E-state index in [1.54, 1.807) is 24.0 Å². The van der Waals surface area contributed by atoms with Gasteiger partial charge in [0.1, 0.15) is 11.5 Å². The molecule has 2 aliphatic rings. The number of ether oxygens (including phenoxy) is 4. The molecule has 2 fully saturated rings. The lowest BCUT2D eigenvalue weighted by Gasteiger charge is -2.39. The molecule has 0 bridgehead atoms. The van der Waals surface area contributed by atoms with Crippen molar-refractivity contribution in [2.45, 2.75) is 71.1 Å². The van der Waals surface area contributed by atoms with Crippen molar-refractivity contribution >= 4 is 17.8 Å². The van der Waals surface area contributed by atoms with Crippen LogP contribution in [0.25, 0.3) is 0 Å². The summed E-state index contributed by atoms with van der Waals surface area (Å²) in [7, 11) is 1.31. The molecular formula is C34H45NO7. The number of rotatable bonds is 15. The summed E-state index contributed by atoms with van der Waals surface area (Å²) in [5.74, 6) is 1.27. The molecular weight excluding hydrogens is 534 g/mol. The third-order valence-corrected chi connectivity index (χ3v) is 8.20. The van der Waals surface area contributed by atoms with E-state index >= 15 is 0 Å². The van der Waals surface area contributed by atoms with Gasteiger partial charge in [0.25, 0.3) is 5.91 Å². The van der Waals surface area contributed by atoms with Crippen molar-refractivity contribution in [2.75, 3.05) is 40.0 Å². The Morgan fingerprint density at radius 2 is 1.62 bits per heavy atom. The van der Waals surface area contributed by atoms with Crippen LogP contribution in [-0.4, -0.2) is 62.8 Å². The van der Waals surface area contributed by atoms with Crippen LogP contribution in [0.5, 0.6) is 11.5 Å². The van der Waals surface area contributed by atoms with E-state index in [0.29, 0.717) is 37.6 Å². The first-order chi connectivity index (χ1) is 20.5. The average Bonchev–Trinajstić information content (AvgIpc) is 2.99. The average molecular weight is 580 g/mol. The number of esters is 2. The highest BCUT2D eigenvalue weighted by atomic mass is 16.5. The van der Waals surface area contributed by atoms with Gasteiger partial charge in [0.05, 0.1) is 44.5 Å². The van der Waals surface area contributed by atoms with Gasteiger partial charge in [0.15, 0.2) is 0 Å². The Morgan fingerprint density at radius 3 is 2.38 bits per heavy atom. The van der Waals surface area contributed by atoms with E-state index in [1.165, 1.54) is 51.7 Å². The summed E-state index contributed by atoms with van der Waals surface area (Å²) in [5, 5.41) is 0. The van der Waals surface area contributed by atoms with Gasteiger partial charge < -0.3 is 23.8 Å². The van der Waals surface area contributed by atoms with Crippen molar-refractivity contribution in [3.63, 3.8) is 0 Å². The second-order valence-electron chi connectivity index (χ2n) is 11.3. The van der Waals surface area contributed by atoms with Crippen LogP contribution >= 0.6 is 0 Å². The van der Waals surface area contributed by atoms with Crippen molar-refractivity contribution < 1.29 is 33.3 Å². The van der Waals surface area contributed by atoms with Crippen LogP contribution in [0.2, 0.25) is 0 Å². The first kappa shape index (κ1) is 31.4. The Bertz CT molecular complexity index is 1180. The molecule has 1 amide bonds. The minimum Gasteiger partial charge on any atom is -0.493 e. The van der Waals surface area contributed by atoms with Crippen molar-refractivity contribution in [3.8, 4) is 11.5 Å². The molecule has 2 aromatic rings. The maximum atomic E-state index is 13.4. The summed E-state index contributed by atoms with van der Waals surface area (Å²) in [6, 6.07) is 12.9. The number of methoxy groups -OCH3 is 1. The molecule has 1 saturated carbocycles. The minimum absolute atomic E-state index is 0.0655. The fourth-order valence-electron chi connectivity index (χ4n) is 5.88. The SMILES string of the molecule is CCOC(=O)CC1CN(C(=O)c2cc(C(=O)OC)ccc2OCCCc2ccccc2OCCCC2CCCCC2)C1. The van der Waals surface area contributed by atoms with E-state index in [0.717, 1.165) is 43.1 Å². The third kappa shape index (κ3) is 8.97. The van der Waals surface area contributed by atoms with Gasteiger partial charge in [-0.3, -0.25) is 9.59 Å². The van der Waals surface area contributed by atoms with Crippen molar-refractivity contribution in [3.05, 3.63) is 59.2 Å². The molecule has 0 radical (unpaired) electrons. The summed E-state index contributed by atoms with van der Waals surface area (Å²) in [4.78, 5) is 39.0. The molecule has 42 heavy (non-hydrogen) atoms. The molecule has 8 heteroatoms. The maximum absolute atomic E-state index is 13.4. The van der Waals surface area contributed by atoms with E-state index < -0.39 is 5.97 Å².